The number of benzene rings is 1. The van der Waals surface area contributed by atoms with Crippen LogP contribution in [0.1, 0.15) is 11.3 Å². The zero-order valence-corrected chi connectivity index (χ0v) is 11.6. The van der Waals surface area contributed by atoms with Crippen molar-refractivity contribution in [2.75, 3.05) is 0 Å². The largest absolute Gasteiger partial charge is 0.307 e. The van der Waals surface area contributed by atoms with Crippen LogP contribution in [0.25, 0.3) is 0 Å². The molecule has 0 saturated carbocycles. The molecule has 1 N–H and O–H groups in total. The maximum absolute atomic E-state index is 5.87. The molecule has 2 aromatic rings. The average molecular weight is 318 g/mol. The number of hydrogen-bond donors (Lipinski definition) is 1. The molecule has 0 aliphatic carbocycles. The maximum atomic E-state index is 5.87. The van der Waals surface area contributed by atoms with Crippen molar-refractivity contribution in [2.24, 2.45) is 0 Å². The lowest BCUT2D eigenvalue weighted by molar-refractivity contribution is 0.681. The van der Waals surface area contributed by atoms with E-state index in [4.69, 9.17) is 11.6 Å². The number of rotatable bonds is 4. The van der Waals surface area contributed by atoms with Gasteiger partial charge in [-0.3, -0.25) is 0 Å². The van der Waals surface area contributed by atoms with Crippen LogP contribution >= 0.6 is 38.9 Å². The number of thiazole rings is 1. The molecule has 0 unspecified atom stereocenters. The fourth-order valence-electron chi connectivity index (χ4n) is 1.32. The Bertz CT molecular complexity index is 459. The minimum Gasteiger partial charge on any atom is -0.307 e. The van der Waals surface area contributed by atoms with E-state index >= 15 is 0 Å². The molecule has 1 heterocycles. The van der Waals surface area contributed by atoms with E-state index < -0.39 is 0 Å². The molecule has 2 rings (SSSR count). The van der Waals surface area contributed by atoms with Crippen molar-refractivity contribution < 1.29 is 0 Å². The van der Waals surface area contributed by atoms with E-state index in [-0.39, 0.29) is 0 Å². The maximum Gasteiger partial charge on any atom is 0.0795 e. The molecule has 1 aromatic heterocycles. The van der Waals surface area contributed by atoms with E-state index in [1.165, 1.54) is 5.56 Å². The van der Waals surface area contributed by atoms with Crippen LogP contribution in [0, 0.1) is 0 Å². The SMILES string of the molecule is Clc1ccc(CNCc2cscn2)c(Br)c1. The van der Waals surface area contributed by atoms with Gasteiger partial charge in [-0.05, 0) is 17.7 Å². The number of nitrogens with one attached hydrogen (secondary N) is 1. The summed E-state index contributed by atoms with van der Waals surface area (Å²) in [5, 5.41) is 6.13. The van der Waals surface area contributed by atoms with Crippen molar-refractivity contribution in [3.63, 3.8) is 0 Å². The molecule has 2 nitrogen and oxygen atoms in total. The quantitative estimate of drug-likeness (QED) is 0.926. The highest BCUT2D eigenvalue weighted by molar-refractivity contribution is 9.10. The molecular weight excluding hydrogens is 308 g/mol. The monoisotopic (exact) mass is 316 g/mol. The topological polar surface area (TPSA) is 24.9 Å². The van der Waals surface area contributed by atoms with Gasteiger partial charge in [0.2, 0.25) is 0 Å². The predicted molar refractivity (Wildman–Crippen MR) is 71.8 cm³/mol. The van der Waals surface area contributed by atoms with E-state index in [0.29, 0.717) is 0 Å². The number of aromatic nitrogens is 1. The third-order valence-corrected chi connectivity index (χ3v) is 3.73. The van der Waals surface area contributed by atoms with E-state index in [1.54, 1.807) is 11.3 Å². The normalized spacial score (nSPS) is 10.6. The zero-order valence-electron chi connectivity index (χ0n) is 8.41. The summed E-state index contributed by atoms with van der Waals surface area (Å²) >= 11 is 11.0. The first kappa shape index (κ1) is 12.0. The Balaban J connectivity index is 1.90. The first-order valence-electron chi connectivity index (χ1n) is 4.77. The van der Waals surface area contributed by atoms with Gasteiger partial charge in [-0.25, -0.2) is 4.98 Å². The summed E-state index contributed by atoms with van der Waals surface area (Å²) < 4.78 is 1.03. The Kier molecular flexibility index (Phi) is 4.35. The van der Waals surface area contributed by atoms with Gasteiger partial charge in [0.15, 0.2) is 0 Å². The third kappa shape index (κ3) is 3.28. The Hall–Kier alpha value is -0.420. The van der Waals surface area contributed by atoms with Gasteiger partial charge >= 0.3 is 0 Å². The molecule has 0 aliphatic heterocycles. The molecule has 0 atom stereocenters. The molecule has 0 amide bonds. The highest BCUT2D eigenvalue weighted by Crippen LogP contribution is 2.21. The molecule has 0 bridgehead atoms. The molecule has 0 fully saturated rings. The lowest BCUT2D eigenvalue weighted by Crippen LogP contribution is -2.13. The standard InChI is InChI=1S/C11H10BrClN2S/c12-11-3-9(13)2-1-8(11)4-14-5-10-6-16-7-15-10/h1-3,6-7,14H,4-5H2. The molecule has 0 aliphatic rings. The first-order chi connectivity index (χ1) is 7.75. The Labute approximate surface area is 112 Å². The van der Waals surface area contributed by atoms with Gasteiger partial charge < -0.3 is 5.32 Å². The van der Waals surface area contributed by atoms with Gasteiger partial charge in [0.05, 0.1) is 11.2 Å². The van der Waals surface area contributed by atoms with Crippen LogP contribution in [0.5, 0.6) is 0 Å². The Morgan fingerprint density at radius 3 is 2.94 bits per heavy atom. The van der Waals surface area contributed by atoms with Gasteiger partial charge in [-0.1, -0.05) is 33.6 Å². The smallest absolute Gasteiger partial charge is 0.0795 e. The summed E-state index contributed by atoms with van der Waals surface area (Å²) in [4.78, 5) is 4.21. The van der Waals surface area contributed by atoms with E-state index in [1.807, 2.05) is 29.1 Å². The predicted octanol–water partition coefficient (Wildman–Crippen LogP) is 3.85. The molecule has 0 radical (unpaired) electrons. The molecule has 0 spiro atoms. The summed E-state index contributed by atoms with van der Waals surface area (Å²) in [7, 11) is 0. The van der Waals surface area contributed by atoms with E-state index in [0.717, 1.165) is 28.3 Å². The van der Waals surface area contributed by atoms with Crippen molar-refractivity contribution in [1.82, 2.24) is 10.3 Å². The number of hydrogen-bond acceptors (Lipinski definition) is 3. The summed E-state index contributed by atoms with van der Waals surface area (Å²) in [6.45, 7) is 1.59. The van der Waals surface area contributed by atoms with E-state index in [2.05, 4.69) is 26.2 Å². The number of halogens is 2. The molecule has 5 heteroatoms. The van der Waals surface area contributed by atoms with Crippen LogP contribution in [0.2, 0.25) is 5.02 Å². The summed E-state index contributed by atoms with van der Waals surface area (Å²) in [6, 6.07) is 5.81. The van der Waals surface area contributed by atoms with Gasteiger partial charge in [-0.15, -0.1) is 11.3 Å². The summed E-state index contributed by atoms with van der Waals surface area (Å²) in [5.74, 6) is 0. The van der Waals surface area contributed by atoms with Crippen molar-refractivity contribution in [1.29, 1.82) is 0 Å². The summed E-state index contributed by atoms with van der Waals surface area (Å²) in [6.07, 6.45) is 0. The van der Waals surface area contributed by atoms with Crippen LogP contribution in [0.15, 0.2) is 33.6 Å². The van der Waals surface area contributed by atoms with Gasteiger partial charge in [0.1, 0.15) is 0 Å². The fraction of sp³-hybridized carbons (Fsp3) is 0.182. The van der Waals surface area contributed by atoms with Crippen LogP contribution in [-0.2, 0) is 13.1 Å². The second-order valence-corrected chi connectivity index (χ2v) is 5.33. The van der Waals surface area contributed by atoms with E-state index in [9.17, 15) is 0 Å². The zero-order chi connectivity index (χ0) is 11.4. The number of nitrogens with zero attached hydrogens (tertiary/aromatic N) is 1. The highest BCUT2D eigenvalue weighted by Gasteiger charge is 2.01. The lowest BCUT2D eigenvalue weighted by Gasteiger charge is -2.05. The Morgan fingerprint density at radius 1 is 1.38 bits per heavy atom. The minimum absolute atomic E-state index is 0.745. The van der Waals surface area contributed by atoms with Crippen molar-refractivity contribution in [3.8, 4) is 0 Å². The Morgan fingerprint density at radius 2 is 2.25 bits per heavy atom. The second kappa shape index (κ2) is 5.77. The van der Waals surface area contributed by atoms with Crippen molar-refractivity contribution >= 4 is 38.9 Å². The highest BCUT2D eigenvalue weighted by atomic mass is 79.9. The van der Waals surface area contributed by atoms with Crippen LogP contribution in [0.4, 0.5) is 0 Å². The van der Waals surface area contributed by atoms with Gasteiger partial charge in [-0.2, -0.15) is 0 Å². The van der Waals surface area contributed by atoms with Crippen LogP contribution in [0.3, 0.4) is 0 Å². The van der Waals surface area contributed by atoms with Crippen LogP contribution in [-0.4, -0.2) is 4.98 Å². The van der Waals surface area contributed by atoms with Crippen molar-refractivity contribution in [3.05, 3.63) is 49.8 Å². The van der Waals surface area contributed by atoms with Crippen molar-refractivity contribution in [2.45, 2.75) is 13.1 Å². The lowest BCUT2D eigenvalue weighted by atomic mass is 10.2. The molecular formula is C11H10BrClN2S. The molecule has 1 aromatic carbocycles. The second-order valence-electron chi connectivity index (χ2n) is 3.32. The molecule has 84 valence electrons. The average Bonchev–Trinajstić information content (AvgIpc) is 2.74. The fourth-order valence-corrected chi connectivity index (χ4v) is 2.70. The van der Waals surface area contributed by atoms with Crippen LogP contribution < -0.4 is 5.32 Å². The third-order valence-electron chi connectivity index (χ3n) is 2.12. The molecule has 16 heavy (non-hydrogen) atoms. The van der Waals surface area contributed by atoms with Gasteiger partial charge in [0, 0.05) is 28.0 Å². The summed E-state index contributed by atoms with van der Waals surface area (Å²) in [5.41, 5.74) is 4.12. The first-order valence-corrected chi connectivity index (χ1v) is 6.89. The molecule has 0 saturated heterocycles. The minimum atomic E-state index is 0.745. The van der Waals surface area contributed by atoms with Gasteiger partial charge in [0.25, 0.3) is 0 Å².